The van der Waals surface area contributed by atoms with Crippen LogP contribution in [-0.2, 0) is 11.2 Å². The lowest BCUT2D eigenvalue weighted by atomic mass is 10.1. The average molecular weight is 582 g/mol. The highest BCUT2D eigenvalue weighted by atomic mass is 127. The van der Waals surface area contributed by atoms with E-state index in [4.69, 9.17) is 15.6 Å². The molecular weight excluding hydrogens is 564 g/mol. The Morgan fingerprint density at radius 1 is 1.29 bits per heavy atom. The number of halogens is 3. The summed E-state index contributed by atoms with van der Waals surface area (Å²) in [6.07, 6.45) is 3.66. The molecule has 0 aliphatic carbocycles. The van der Waals surface area contributed by atoms with Crippen LogP contribution in [0, 0.1) is 7.14 Å². The van der Waals surface area contributed by atoms with Gasteiger partial charge >= 0.3 is 5.97 Å². The summed E-state index contributed by atoms with van der Waals surface area (Å²) in [7, 11) is 0. The van der Waals surface area contributed by atoms with E-state index in [1.54, 1.807) is 0 Å². The molecule has 0 saturated heterocycles. The van der Waals surface area contributed by atoms with Gasteiger partial charge in [0, 0.05) is 5.33 Å². The molecule has 1 unspecified atom stereocenters. The van der Waals surface area contributed by atoms with Gasteiger partial charge in [0.05, 0.1) is 13.7 Å². The van der Waals surface area contributed by atoms with Crippen molar-refractivity contribution in [3.63, 3.8) is 0 Å². The molecule has 0 radical (unpaired) electrons. The van der Waals surface area contributed by atoms with Gasteiger partial charge in [-0.2, -0.15) is 0 Å². The molecule has 0 aliphatic rings. The van der Waals surface area contributed by atoms with Gasteiger partial charge in [0.25, 0.3) is 0 Å². The first-order valence-corrected chi connectivity index (χ1v) is 9.88. The zero-order valence-electron chi connectivity index (χ0n) is 11.4. The van der Waals surface area contributed by atoms with Crippen LogP contribution in [0.25, 0.3) is 0 Å². The van der Waals surface area contributed by atoms with Gasteiger partial charge in [-0.15, -0.1) is 0 Å². The zero-order valence-corrected chi connectivity index (χ0v) is 17.4. The number of ether oxygens (including phenoxy) is 1. The second-order valence-corrected chi connectivity index (χ2v) is 7.75. The number of carboxylic acids is 1. The number of carbonyl (C=O) groups is 1. The van der Waals surface area contributed by atoms with Crippen LogP contribution < -0.4 is 10.5 Å². The Labute approximate surface area is 160 Å². The highest BCUT2D eigenvalue weighted by molar-refractivity contribution is 14.1. The quantitative estimate of drug-likeness (QED) is 0.264. The van der Waals surface area contributed by atoms with Crippen LogP contribution in [0.1, 0.15) is 24.8 Å². The van der Waals surface area contributed by atoms with Gasteiger partial charge in [0.2, 0.25) is 0 Å². The smallest absolute Gasteiger partial charge is 0.320 e. The van der Waals surface area contributed by atoms with Crippen molar-refractivity contribution in [3.8, 4) is 5.75 Å². The first-order chi connectivity index (χ1) is 9.95. The van der Waals surface area contributed by atoms with Crippen molar-refractivity contribution in [2.45, 2.75) is 31.7 Å². The fraction of sp³-hybridized carbons (Fsp3) is 0.500. The number of unbranched alkanes of at least 4 members (excludes halogenated alkanes) is 2. The van der Waals surface area contributed by atoms with Gasteiger partial charge in [-0.05, 0) is 88.6 Å². The molecule has 0 aliphatic heterocycles. The lowest BCUT2D eigenvalue weighted by molar-refractivity contribution is -0.138. The second kappa shape index (κ2) is 10.2. The van der Waals surface area contributed by atoms with Crippen LogP contribution in [-0.4, -0.2) is 29.1 Å². The Morgan fingerprint density at radius 3 is 2.43 bits per heavy atom. The van der Waals surface area contributed by atoms with E-state index in [9.17, 15) is 4.79 Å². The van der Waals surface area contributed by atoms with Gasteiger partial charge in [-0.3, -0.25) is 4.79 Å². The van der Waals surface area contributed by atoms with E-state index >= 15 is 0 Å². The molecular formula is C14H18BrI2NO3. The normalized spacial score (nSPS) is 12.2. The third kappa shape index (κ3) is 7.00. The lowest BCUT2D eigenvalue weighted by Gasteiger charge is -2.13. The van der Waals surface area contributed by atoms with Crippen molar-refractivity contribution in [3.05, 3.63) is 24.8 Å². The van der Waals surface area contributed by atoms with Crippen LogP contribution in [0.3, 0.4) is 0 Å². The van der Waals surface area contributed by atoms with E-state index in [1.807, 2.05) is 12.1 Å². The Balaban J connectivity index is 2.65. The van der Waals surface area contributed by atoms with E-state index in [1.165, 1.54) is 0 Å². The fourth-order valence-electron chi connectivity index (χ4n) is 1.76. The molecule has 0 aromatic heterocycles. The SMILES string of the molecule is NC(Cc1cc(I)c(OCCCCCBr)c(I)c1)C(=O)O. The predicted molar refractivity (Wildman–Crippen MR) is 104 cm³/mol. The summed E-state index contributed by atoms with van der Waals surface area (Å²) in [6.45, 7) is 0.701. The maximum Gasteiger partial charge on any atom is 0.320 e. The summed E-state index contributed by atoms with van der Waals surface area (Å²) >= 11 is 7.85. The summed E-state index contributed by atoms with van der Waals surface area (Å²) in [5.41, 5.74) is 6.50. The number of carboxylic acid groups (broad SMARTS) is 1. The predicted octanol–water partition coefficient (Wildman–Crippen LogP) is 3.79. The molecule has 1 atom stereocenters. The maximum atomic E-state index is 10.8. The first kappa shape index (κ1) is 19.4. The van der Waals surface area contributed by atoms with Crippen LogP contribution in [0.2, 0.25) is 0 Å². The summed E-state index contributed by atoms with van der Waals surface area (Å²) in [4.78, 5) is 10.8. The zero-order chi connectivity index (χ0) is 15.8. The summed E-state index contributed by atoms with van der Waals surface area (Å²) in [6, 6.07) is 3.02. The summed E-state index contributed by atoms with van der Waals surface area (Å²) < 4.78 is 7.83. The molecule has 1 aromatic carbocycles. The number of aliphatic carboxylic acids is 1. The van der Waals surface area contributed by atoms with Crippen molar-refractivity contribution >= 4 is 67.1 Å². The molecule has 0 spiro atoms. The molecule has 0 heterocycles. The Morgan fingerprint density at radius 2 is 1.90 bits per heavy atom. The Bertz CT molecular complexity index is 462. The van der Waals surface area contributed by atoms with Crippen LogP contribution in [0.15, 0.2) is 12.1 Å². The third-order valence-electron chi connectivity index (χ3n) is 2.86. The summed E-state index contributed by atoms with van der Waals surface area (Å²) in [5.74, 6) is -0.102. The number of alkyl halides is 1. The topological polar surface area (TPSA) is 72.5 Å². The van der Waals surface area contributed by atoms with E-state index in [0.29, 0.717) is 13.0 Å². The molecule has 3 N–H and O–H groups in total. The van der Waals surface area contributed by atoms with Crippen molar-refractivity contribution in [2.24, 2.45) is 5.73 Å². The Kier molecular flexibility index (Phi) is 9.46. The van der Waals surface area contributed by atoms with Crippen LogP contribution >= 0.6 is 61.1 Å². The second-order valence-electron chi connectivity index (χ2n) is 4.64. The van der Waals surface area contributed by atoms with Gasteiger partial charge < -0.3 is 15.6 Å². The molecule has 0 fully saturated rings. The first-order valence-electron chi connectivity index (χ1n) is 6.60. The monoisotopic (exact) mass is 581 g/mol. The molecule has 4 nitrogen and oxygen atoms in total. The van der Waals surface area contributed by atoms with E-state index in [-0.39, 0.29) is 0 Å². The maximum absolute atomic E-state index is 10.8. The molecule has 0 bridgehead atoms. The van der Waals surface area contributed by atoms with Crippen molar-refractivity contribution in [1.29, 1.82) is 0 Å². The van der Waals surface area contributed by atoms with Gasteiger partial charge in [-0.1, -0.05) is 15.9 Å². The van der Waals surface area contributed by atoms with Crippen molar-refractivity contribution in [2.75, 3.05) is 11.9 Å². The number of hydrogen-bond donors (Lipinski definition) is 2. The molecule has 1 aromatic rings. The summed E-state index contributed by atoms with van der Waals surface area (Å²) in [5, 5.41) is 9.90. The average Bonchev–Trinajstić information content (AvgIpc) is 2.41. The van der Waals surface area contributed by atoms with Gasteiger partial charge in [0.15, 0.2) is 0 Å². The van der Waals surface area contributed by atoms with E-state index in [0.717, 1.165) is 43.0 Å². The minimum atomic E-state index is -0.980. The van der Waals surface area contributed by atoms with E-state index in [2.05, 4.69) is 61.1 Å². The van der Waals surface area contributed by atoms with E-state index < -0.39 is 12.0 Å². The van der Waals surface area contributed by atoms with Crippen molar-refractivity contribution < 1.29 is 14.6 Å². The molecule has 1 rings (SSSR count). The molecule has 0 amide bonds. The number of benzene rings is 1. The molecule has 0 saturated carbocycles. The number of hydrogen-bond acceptors (Lipinski definition) is 3. The highest BCUT2D eigenvalue weighted by Gasteiger charge is 2.15. The minimum Gasteiger partial charge on any atom is -0.491 e. The number of rotatable bonds is 9. The minimum absolute atomic E-state index is 0.326. The molecule has 21 heavy (non-hydrogen) atoms. The Hall–Kier alpha value is 0.390. The van der Waals surface area contributed by atoms with Crippen molar-refractivity contribution in [1.82, 2.24) is 0 Å². The van der Waals surface area contributed by atoms with Crippen LogP contribution in [0.4, 0.5) is 0 Å². The fourth-order valence-corrected chi connectivity index (χ4v) is 4.36. The van der Waals surface area contributed by atoms with Gasteiger partial charge in [-0.25, -0.2) is 0 Å². The van der Waals surface area contributed by atoms with Gasteiger partial charge in [0.1, 0.15) is 11.8 Å². The molecule has 118 valence electrons. The number of nitrogens with two attached hydrogens (primary N) is 1. The van der Waals surface area contributed by atoms with Crippen LogP contribution in [0.5, 0.6) is 5.75 Å². The molecule has 7 heteroatoms. The largest absolute Gasteiger partial charge is 0.491 e. The standard InChI is InChI=1S/C14H18BrI2NO3/c15-4-2-1-3-5-21-13-10(16)6-9(7-11(13)17)8-12(18)14(19)20/h6-7,12H,1-5,8,18H2,(H,19,20). The lowest BCUT2D eigenvalue weighted by Crippen LogP contribution is -2.32. The highest BCUT2D eigenvalue weighted by Crippen LogP contribution is 2.29. The third-order valence-corrected chi connectivity index (χ3v) is 5.02.